The topological polar surface area (TPSA) is 31.2 Å². The molecule has 6 heteroatoms. The maximum absolute atomic E-state index is 14.0. The molecule has 0 aliphatic rings. The van der Waals surface area contributed by atoms with Gasteiger partial charge in [-0.05, 0) is 55.5 Å². The molecule has 0 saturated carbocycles. The zero-order valence-electron chi connectivity index (χ0n) is 10.6. The van der Waals surface area contributed by atoms with E-state index in [2.05, 4.69) is 38.5 Å². The van der Waals surface area contributed by atoms with E-state index in [4.69, 9.17) is 4.74 Å². The normalized spacial score (nSPS) is 11.9. The molecule has 102 valence electrons. The van der Waals surface area contributed by atoms with Crippen molar-refractivity contribution in [1.29, 1.82) is 0 Å². The molecule has 2 aromatic rings. The first-order valence-electron chi connectivity index (χ1n) is 5.58. The van der Waals surface area contributed by atoms with Crippen LogP contribution in [0.25, 0.3) is 10.9 Å². The molecular formula is C13H12BrFINO2. The molecule has 3 nitrogen and oxygen atoms in total. The molecule has 0 aliphatic carbocycles. The molecular weight excluding hydrogens is 428 g/mol. The number of carbonyl (C=O) groups is 1. The summed E-state index contributed by atoms with van der Waals surface area (Å²) in [4.78, 5) is 12.1. The Hall–Kier alpha value is -0.630. The number of hydrogen-bond acceptors (Lipinski definition) is 2. The fourth-order valence-electron chi connectivity index (χ4n) is 1.70. The van der Waals surface area contributed by atoms with Crippen molar-refractivity contribution in [2.45, 2.75) is 26.4 Å². The Morgan fingerprint density at radius 1 is 1.42 bits per heavy atom. The molecule has 0 spiro atoms. The number of benzene rings is 1. The zero-order valence-corrected chi connectivity index (χ0v) is 14.4. The number of aromatic nitrogens is 1. The Kier molecular flexibility index (Phi) is 3.92. The van der Waals surface area contributed by atoms with Crippen LogP contribution in [0.4, 0.5) is 9.18 Å². The molecule has 2 rings (SSSR count). The number of nitrogens with zero attached hydrogens (tertiary/aromatic N) is 1. The van der Waals surface area contributed by atoms with Crippen LogP contribution in [-0.4, -0.2) is 16.3 Å². The van der Waals surface area contributed by atoms with Crippen LogP contribution in [0.2, 0.25) is 0 Å². The number of ether oxygens (including phenoxy) is 1. The summed E-state index contributed by atoms with van der Waals surface area (Å²) in [5.41, 5.74) is -0.394. The minimum Gasteiger partial charge on any atom is -0.443 e. The van der Waals surface area contributed by atoms with Crippen molar-refractivity contribution in [3.05, 3.63) is 32.2 Å². The molecule has 0 amide bonds. The minimum atomic E-state index is -0.623. The van der Waals surface area contributed by atoms with Gasteiger partial charge in [0, 0.05) is 19.6 Å². The lowest BCUT2D eigenvalue weighted by Crippen LogP contribution is -2.26. The van der Waals surface area contributed by atoms with E-state index >= 15 is 0 Å². The van der Waals surface area contributed by atoms with Crippen molar-refractivity contribution in [3.63, 3.8) is 0 Å². The van der Waals surface area contributed by atoms with Gasteiger partial charge in [0.1, 0.15) is 11.4 Å². The highest BCUT2D eigenvalue weighted by atomic mass is 127. The van der Waals surface area contributed by atoms with Gasteiger partial charge in [-0.2, -0.15) is 0 Å². The molecule has 0 N–H and O–H groups in total. The summed E-state index contributed by atoms with van der Waals surface area (Å²) in [5, 5.41) is 0.673. The van der Waals surface area contributed by atoms with Crippen LogP contribution in [0.1, 0.15) is 20.8 Å². The second-order valence-corrected chi connectivity index (χ2v) is 7.10. The van der Waals surface area contributed by atoms with Gasteiger partial charge in [-0.3, -0.25) is 0 Å². The molecule has 1 heterocycles. The standard InChI is InChI=1S/C13H12BrFINO2/c1-13(2,3)19-12(18)17-6-9(16)10-7(14)4-5-8(15)11(10)17/h4-6H,1-3H3. The van der Waals surface area contributed by atoms with Gasteiger partial charge in [-0.25, -0.2) is 13.8 Å². The second-order valence-electron chi connectivity index (χ2n) is 5.08. The smallest absolute Gasteiger partial charge is 0.419 e. The first-order valence-corrected chi connectivity index (χ1v) is 7.46. The minimum absolute atomic E-state index is 0.230. The number of rotatable bonds is 0. The third kappa shape index (κ3) is 2.94. The summed E-state index contributed by atoms with van der Waals surface area (Å²) in [5.74, 6) is -0.452. The highest BCUT2D eigenvalue weighted by Crippen LogP contribution is 2.32. The Labute approximate surface area is 132 Å². The van der Waals surface area contributed by atoms with Gasteiger partial charge in [0.2, 0.25) is 0 Å². The predicted molar refractivity (Wildman–Crippen MR) is 83.9 cm³/mol. The zero-order chi connectivity index (χ0) is 14.4. The van der Waals surface area contributed by atoms with Crippen LogP contribution < -0.4 is 0 Å². The van der Waals surface area contributed by atoms with Gasteiger partial charge in [0.15, 0.2) is 0 Å². The predicted octanol–water partition coefficient (Wildman–Crippen LogP) is 4.93. The number of hydrogen-bond donors (Lipinski definition) is 0. The first kappa shape index (κ1) is 14.8. The van der Waals surface area contributed by atoms with Crippen molar-refractivity contribution >= 4 is 55.5 Å². The molecule has 19 heavy (non-hydrogen) atoms. The number of carbonyl (C=O) groups excluding carboxylic acids is 1. The van der Waals surface area contributed by atoms with E-state index in [0.29, 0.717) is 5.39 Å². The maximum atomic E-state index is 14.0. The fourth-order valence-corrected chi connectivity index (χ4v) is 3.43. The van der Waals surface area contributed by atoms with Crippen LogP contribution in [0.5, 0.6) is 0 Å². The van der Waals surface area contributed by atoms with E-state index in [9.17, 15) is 9.18 Å². The van der Waals surface area contributed by atoms with Gasteiger partial charge in [0.25, 0.3) is 0 Å². The van der Waals surface area contributed by atoms with Crippen LogP contribution in [0.3, 0.4) is 0 Å². The maximum Gasteiger partial charge on any atom is 0.419 e. The Morgan fingerprint density at radius 2 is 2.05 bits per heavy atom. The highest BCUT2D eigenvalue weighted by molar-refractivity contribution is 14.1. The monoisotopic (exact) mass is 439 g/mol. The van der Waals surface area contributed by atoms with Crippen molar-refractivity contribution in [2.24, 2.45) is 0 Å². The van der Waals surface area contributed by atoms with Crippen molar-refractivity contribution in [1.82, 2.24) is 4.57 Å². The van der Waals surface area contributed by atoms with Crippen molar-refractivity contribution in [3.8, 4) is 0 Å². The van der Waals surface area contributed by atoms with E-state index in [1.807, 2.05) is 0 Å². The third-order valence-electron chi connectivity index (χ3n) is 2.39. The van der Waals surface area contributed by atoms with Crippen LogP contribution in [0.15, 0.2) is 22.8 Å². The van der Waals surface area contributed by atoms with Crippen molar-refractivity contribution in [2.75, 3.05) is 0 Å². The summed E-state index contributed by atoms with van der Waals surface area (Å²) >= 11 is 5.44. The van der Waals surface area contributed by atoms with E-state index in [1.165, 1.54) is 10.6 Å². The SMILES string of the molecule is CC(C)(C)OC(=O)n1cc(I)c2c(Br)ccc(F)c21. The molecule has 1 aromatic carbocycles. The quantitative estimate of drug-likeness (QED) is 0.545. The summed E-state index contributed by atoms with van der Waals surface area (Å²) in [6.45, 7) is 5.31. The van der Waals surface area contributed by atoms with E-state index < -0.39 is 17.5 Å². The average molecular weight is 440 g/mol. The van der Waals surface area contributed by atoms with Gasteiger partial charge in [0.05, 0.1) is 5.52 Å². The molecule has 0 aliphatic heterocycles. The van der Waals surface area contributed by atoms with E-state index in [1.54, 1.807) is 33.0 Å². The summed E-state index contributed by atoms with van der Waals surface area (Å²) < 4.78 is 22.0. The Bertz CT molecular complexity index is 661. The lowest BCUT2D eigenvalue weighted by molar-refractivity contribution is 0.0543. The molecule has 1 aromatic heterocycles. The third-order valence-corrected chi connectivity index (χ3v) is 3.87. The lowest BCUT2D eigenvalue weighted by Gasteiger charge is -2.19. The second kappa shape index (κ2) is 5.05. The summed E-state index contributed by atoms with van der Waals surface area (Å²) in [6.07, 6.45) is 0.991. The van der Waals surface area contributed by atoms with E-state index in [0.717, 1.165) is 8.04 Å². The van der Waals surface area contributed by atoms with Gasteiger partial charge >= 0.3 is 6.09 Å². The molecule has 0 fully saturated rings. The Balaban J connectivity index is 2.63. The van der Waals surface area contributed by atoms with Crippen LogP contribution in [-0.2, 0) is 4.74 Å². The largest absolute Gasteiger partial charge is 0.443 e. The van der Waals surface area contributed by atoms with Crippen LogP contribution >= 0.6 is 38.5 Å². The first-order chi connectivity index (χ1) is 8.70. The van der Waals surface area contributed by atoms with Gasteiger partial charge in [-0.15, -0.1) is 0 Å². The molecule has 0 unspecified atom stereocenters. The molecule has 0 atom stereocenters. The molecule has 0 radical (unpaired) electrons. The summed E-state index contributed by atoms with van der Waals surface area (Å²) in [7, 11) is 0. The van der Waals surface area contributed by atoms with Crippen molar-refractivity contribution < 1.29 is 13.9 Å². The fraction of sp³-hybridized carbons (Fsp3) is 0.308. The van der Waals surface area contributed by atoms with E-state index in [-0.39, 0.29) is 5.52 Å². The molecule has 0 saturated heterocycles. The Morgan fingerprint density at radius 3 is 2.63 bits per heavy atom. The summed E-state index contributed by atoms with van der Waals surface area (Å²) in [6, 6.07) is 2.95. The lowest BCUT2D eigenvalue weighted by atomic mass is 10.2. The van der Waals surface area contributed by atoms with Gasteiger partial charge in [-0.1, -0.05) is 15.9 Å². The van der Waals surface area contributed by atoms with Gasteiger partial charge < -0.3 is 4.74 Å². The molecule has 0 bridgehead atoms. The average Bonchev–Trinajstić information content (AvgIpc) is 2.61. The number of halogens is 3. The van der Waals surface area contributed by atoms with Crippen LogP contribution in [0, 0.1) is 9.39 Å². The highest BCUT2D eigenvalue weighted by Gasteiger charge is 2.22. The number of fused-ring (bicyclic) bond motifs is 1.